The first-order chi connectivity index (χ1) is 13.9. The van der Waals surface area contributed by atoms with Crippen LogP contribution in [0.25, 0.3) is 11.0 Å². The number of hydrogen-bond acceptors (Lipinski definition) is 7. The van der Waals surface area contributed by atoms with Crippen molar-refractivity contribution >= 4 is 55.8 Å². The number of aromatic nitrogens is 2. The first kappa shape index (κ1) is 18.8. The Hall–Kier alpha value is -3.50. The second-order valence-corrected chi connectivity index (χ2v) is 8.29. The summed E-state index contributed by atoms with van der Waals surface area (Å²) in [6.07, 6.45) is 0. The lowest BCUT2D eigenvalue weighted by Gasteiger charge is -2.13. The monoisotopic (exact) mass is 425 g/mol. The van der Waals surface area contributed by atoms with E-state index in [-0.39, 0.29) is 21.7 Å². The third-order valence-electron chi connectivity index (χ3n) is 4.12. The molecule has 0 spiro atoms. The van der Waals surface area contributed by atoms with Gasteiger partial charge in [-0.05, 0) is 48.5 Å². The fourth-order valence-electron chi connectivity index (χ4n) is 2.73. The topological polar surface area (TPSA) is 127 Å². The number of fused-ring (bicyclic) bond motifs is 1. The Kier molecular flexibility index (Phi) is 4.87. The van der Waals surface area contributed by atoms with E-state index < -0.39 is 15.9 Å². The van der Waals surface area contributed by atoms with E-state index in [4.69, 9.17) is 5.73 Å². The van der Waals surface area contributed by atoms with Crippen LogP contribution < -0.4 is 15.8 Å². The number of nitrogens with one attached hydrogen (secondary N) is 2. The Morgan fingerprint density at radius 1 is 0.931 bits per heavy atom. The molecule has 0 fully saturated rings. The number of nitrogens with zero attached hydrogens (tertiary/aromatic N) is 2. The highest BCUT2D eigenvalue weighted by atomic mass is 32.2. The van der Waals surface area contributed by atoms with Crippen molar-refractivity contribution in [2.45, 2.75) is 4.90 Å². The van der Waals surface area contributed by atoms with Gasteiger partial charge in [-0.25, -0.2) is 8.42 Å². The van der Waals surface area contributed by atoms with Crippen LogP contribution in [0.3, 0.4) is 0 Å². The third kappa shape index (κ3) is 3.89. The fraction of sp³-hybridized carbons (Fsp3) is 0. The number of amides is 1. The maximum Gasteiger partial charge on any atom is 0.264 e. The molecule has 4 rings (SSSR count). The minimum atomic E-state index is -3.99. The zero-order valence-electron chi connectivity index (χ0n) is 14.9. The molecule has 0 saturated carbocycles. The summed E-state index contributed by atoms with van der Waals surface area (Å²) in [6.45, 7) is 0. The number of benzene rings is 3. The van der Waals surface area contributed by atoms with Crippen LogP contribution in [0.4, 0.5) is 17.1 Å². The lowest BCUT2D eigenvalue weighted by molar-refractivity contribution is 0.102. The smallest absolute Gasteiger partial charge is 0.264 e. The molecule has 0 saturated heterocycles. The molecule has 146 valence electrons. The average molecular weight is 425 g/mol. The summed E-state index contributed by atoms with van der Waals surface area (Å²) in [5, 5.41) is 2.73. The van der Waals surface area contributed by atoms with Gasteiger partial charge in [0, 0.05) is 11.4 Å². The SMILES string of the molecule is Nc1ccc(NC(=O)c2ccccc2NS(=O)(=O)c2cccc3nsnc23)cc1. The zero-order chi connectivity index (χ0) is 20.4. The molecular formula is C19H15N5O3S2. The lowest BCUT2D eigenvalue weighted by atomic mass is 10.1. The molecule has 1 aromatic heterocycles. The molecule has 0 aliphatic heterocycles. The van der Waals surface area contributed by atoms with Gasteiger partial charge in [-0.1, -0.05) is 18.2 Å². The molecule has 29 heavy (non-hydrogen) atoms. The molecule has 4 aromatic rings. The van der Waals surface area contributed by atoms with Gasteiger partial charge in [0.15, 0.2) is 0 Å². The molecule has 0 aliphatic carbocycles. The summed E-state index contributed by atoms with van der Waals surface area (Å²) in [5.74, 6) is -0.457. The number of rotatable bonds is 5. The van der Waals surface area contributed by atoms with Crippen LogP contribution in [0.2, 0.25) is 0 Å². The Balaban J connectivity index is 1.65. The normalized spacial score (nSPS) is 11.3. The number of carbonyl (C=O) groups is 1. The van der Waals surface area contributed by atoms with Crippen molar-refractivity contribution in [1.82, 2.24) is 8.75 Å². The van der Waals surface area contributed by atoms with Gasteiger partial charge in [0.25, 0.3) is 15.9 Å². The standard InChI is InChI=1S/C19H15N5O3S2/c20-12-8-10-13(11-9-12)21-19(25)14-4-1-2-5-15(14)24-29(26,27)17-7-3-6-16-18(17)23-28-22-16/h1-11,24H,20H2,(H,21,25). The van der Waals surface area contributed by atoms with Crippen molar-refractivity contribution < 1.29 is 13.2 Å². The molecule has 0 aliphatic rings. The van der Waals surface area contributed by atoms with Crippen LogP contribution in [-0.2, 0) is 10.0 Å². The third-order valence-corrected chi connectivity index (χ3v) is 6.06. The van der Waals surface area contributed by atoms with E-state index in [2.05, 4.69) is 18.8 Å². The van der Waals surface area contributed by atoms with Gasteiger partial charge < -0.3 is 11.1 Å². The zero-order valence-corrected chi connectivity index (χ0v) is 16.5. The van der Waals surface area contributed by atoms with Crippen molar-refractivity contribution in [1.29, 1.82) is 0 Å². The van der Waals surface area contributed by atoms with Gasteiger partial charge in [0.05, 0.1) is 23.0 Å². The van der Waals surface area contributed by atoms with E-state index in [0.717, 1.165) is 11.7 Å². The summed E-state index contributed by atoms with van der Waals surface area (Å²) < 4.78 is 36.6. The molecule has 10 heteroatoms. The minimum absolute atomic E-state index is 0.00232. The van der Waals surface area contributed by atoms with E-state index >= 15 is 0 Å². The number of nitrogens with two attached hydrogens (primary N) is 1. The summed E-state index contributed by atoms with van der Waals surface area (Å²) >= 11 is 0.934. The molecule has 4 N–H and O–H groups in total. The summed E-state index contributed by atoms with van der Waals surface area (Å²) in [5.41, 5.74) is 7.87. The Morgan fingerprint density at radius 2 is 1.69 bits per heavy atom. The second-order valence-electron chi connectivity index (χ2n) is 6.12. The first-order valence-corrected chi connectivity index (χ1v) is 10.7. The molecule has 1 amide bonds. The van der Waals surface area contributed by atoms with Crippen molar-refractivity contribution in [2.75, 3.05) is 15.8 Å². The highest BCUT2D eigenvalue weighted by molar-refractivity contribution is 7.93. The number of para-hydroxylation sites is 1. The number of sulfonamides is 1. The van der Waals surface area contributed by atoms with Gasteiger partial charge >= 0.3 is 0 Å². The van der Waals surface area contributed by atoms with Crippen LogP contribution in [0.5, 0.6) is 0 Å². The summed E-state index contributed by atoms with van der Waals surface area (Å²) in [6, 6.07) is 17.7. The van der Waals surface area contributed by atoms with Crippen molar-refractivity contribution in [3.8, 4) is 0 Å². The number of nitrogen functional groups attached to an aromatic ring is 1. The highest BCUT2D eigenvalue weighted by Crippen LogP contribution is 2.25. The predicted molar refractivity (Wildman–Crippen MR) is 113 cm³/mol. The van der Waals surface area contributed by atoms with Gasteiger partial charge in [-0.3, -0.25) is 9.52 Å². The molecular weight excluding hydrogens is 410 g/mol. The quantitative estimate of drug-likeness (QED) is 0.421. The lowest BCUT2D eigenvalue weighted by Crippen LogP contribution is -2.19. The van der Waals surface area contributed by atoms with Gasteiger partial charge in [-0.15, -0.1) is 0 Å². The van der Waals surface area contributed by atoms with Crippen LogP contribution in [0, 0.1) is 0 Å². The van der Waals surface area contributed by atoms with Gasteiger partial charge in [0.2, 0.25) is 0 Å². The van der Waals surface area contributed by atoms with Crippen LogP contribution in [-0.4, -0.2) is 23.1 Å². The Bertz CT molecular complexity index is 1300. The number of hydrogen-bond donors (Lipinski definition) is 3. The molecule has 0 atom stereocenters. The van der Waals surface area contributed by atoms with Crippen LogP contribution >= 0.6 is 11.7 Å². The average Bonchev–Trinajstić information content (AvgIpc) is 3.18. The molecule has 3 aromatic carbocycles. The van der Waals surface area contributed by atoms with E-state index in [1.807, 2.05) is 0 Å². The maximum atomic E-state index is 13.0. The minimum Gasteiger partial charge on any atom is -0.399 e. The van der Waals surface area contributed by atoms with Crippen LogP contribution in [0.15, 0.2) is 71.6 Å². The largest absolute Gasteiger partial charge is 0.399 e. The van der Waals surface area contributed by atoms with Crippen molar-refractivity contribution in [3.63, 3.8) is 0 Å². The summed E-state index contributed by atoms with van der Waals surface area (Å²) in [4.78, 5) is 12.7. The van der Waals surface area contributed by atoms with E-state index in [1.165, 1.54) is 18.2 Å². The number of anilines is 3. The Morgan fingerprint density at radius 3 is 2.48 bits per heavy atom. The second kappa shape index (κ2) is 7.49. The van der Waals surface area contributed by atoms with E-state index in [0.29, 0.717) is 16.9 Å². The van der Waals surface area contributed by atoms with Gasteiger partial charge in [0.1, 0.15) is 15.9 Å². The van der Waals surface area contributed by atoms with Gasteiger partial charge in [-0.2, -0.15) is 8.75 Å². The maximum absolute atomic E-state index is 13.0. The molecule has 0 radical (unpaired) electrons. The first-order valence-electron chi connectivity index (χ1n) is 8.44. The molecule has 8 nitrogen and oxygen atoms in total. The predicted octanol–water partition coefficient (Wildman–Crippen LogP) is 3.33. The Labute approximate surface area is 170 Å². The number of carbonyl (C=O) groups excluding carboxylic acids is 1. The van der Waals surface area contributed by atoms with Crippen LogP contribution in [0.1, 0.15) is 10.4 Å². The van der Waals surface area contributed by atoms with E-state index in [9.17, 15) is 13.2 Å². The summed E-state index contributed by atoms with van der Waals surface area (Å²) in [7, 11) is -3.99. The van der Waals surface area contributed by atoms with Crippen molar-refractivity contribution in [3.05, 3.63) is 72.3 Å². The molecule has 0 bridgehead atoms. The molecule has 1 heterocycles. The molecule has 0 unspecified atom stereocenters. The fourth-order valence-corrected chi connectivity index (χ4v) is 4.58. The van der Waals surface area contributed by atoms with E-state index in [1.54, 1.807) is 48.5 Å². The van der Waals surface area contributed by atoms with Crippen molar-refractivity contribution in [2.24, 2.45) is 0 Å². The highest BCUT2D eigenvalue weighted by Gasteiger charge is 2.22.